The van der Waals surface area contributed by atoms with Gasteiger partial charge in [-0.15, -0.1) is 0 Å². The van der Waals surface area contributed by atoms with Crippen LogP contribution in [0.25, 0.3) is 0 Å². The van der Waals surface area contributed by atoms with E-state index in [0.717, 1.165) is 18.4 Å². The van der Waals surface area contributed by atoms with Crippen LogP contribution in [0.3, 0.4) is 0 Å². The van der Waals surface area contributed by atoms with Crippen molar-refractivity contribution in [2.24, 2.45) is 0 Å². The average Bonchev–Trinajstić information content (AvgIpc) is 2.71. The van der Waals surface area contributed by atoms with E-state index in [0.29, 0.717) is 18.5 Å². The Bertz CT molecular complexity index is 476. The second kappa shape index (κ2) is 6.16. The number of rotatable bonds is 4. The number of carbonyl (C=O) groups excluding carboxylic acids is 1. The summed E-state index contributed by atoms with van der Waals surface area (Å²) in [7, 11) is 2.16. The number of nitrogens with zero attached hydrogens (tertiary/aromatic N) is 1. The first-order chi connectivity index (χ1) is 10.1. The van der Waals surface area contributed by atoms with Gasteiger partial charge in [-0.25, -0.2) is 4.79 Å². The van der Waals surface area contributed by atoms with Crippen LogP contribution in [0, 0.1) is 0 Å². The van der Waals surface area contributed by atoms with Crippen molar-refractivity contribution in [3.63, 3.8) is 0 Å². The van der Waals surface area contributed by atoms with Crippen LogP contribution < -0.4 is 0 Å². The zero-order valence-electron chi connectivity index (χ0n) is 12.4. The predicted molar refractivity (Wildman–Crippen MR) is 79.8 cm³/mol. The maximum Gasteiger partial charge on any atom is 0.335 e. The fourth-order valence-corrected chi connectivity index (χ4v) is 3.62. The van der Waals surface area contributed by atoms with Crippen LogP contribution in [0.5, 0.6) is 0 Å². The summed E-state index contributed by atoms with van der Waals surface area (Å²) in [5.74, 6) is -0.479. The van der Waals surface area contributed by atoms with Crippen molar-refractivity contribution < 1.29 is 14.6 Å². The highest BCUT2D eigenvalue weighted by molar-refractivity contribution is 5.75. The second-order valence-electron chi connectivity index (χ2n) is 6.29. The van der Waals surface area contributed by atoms with E-state index in [2.05, 4.69) is 11.9 Å². The molecule has 2 aliphatic heterocycles. The van der Waals surface area contributed by atoms with Crippen LogP contribution in [0.1, 0.15) is 31.2 Å². The Morgan fingerprint density at radius 1 is 1.29 bits per heavy atom. The van der Waals surface area contributed by atoms with Gasteiger partial charge in [0.1, 0.15) is 6.10 Å². The normalized spacial score (nSPS) is 30.1. The smallest absolute Gasteiger partial charge is 0.335 e. The summed E-state index contributed by atoms with van der Waals surface area (Å²) in [4.78, 5) is 14.5. The largest absolute Gasteiger partial charge is 0.460 e. The molecule has 1 aromatic rings. The van der Waals surface area contributed by atoms with E-state index in [4.69, 9.17) is 4.74 Å². The number of ether oxygens (including phenoxy) is 1. The molecule has 2 fully saturated rings. The van der Waals surface area contributed by atoms with E-state index in [1.165, 1.54) is 12.8 Å². The Hall–Kier alpha value is -1.39. The van der Waals surface area contributed by atoms with Gasteiger partial charge in [0.2, 0.25) is 0 Å². The molecule has 3 atom stereocenters. The summed E-state index contributed by atoms with van der Waals surface area (Å²) < 4.78 is 5.54. The van der Waals surface area contributed by atoms with Gasteiger partial charge < -0.3 is 14.7 Å². The molecule has 2 heterocycles. The molecule has 21 heavy (non-hydrogen) atoms. The highest BCUT2D eigenvalue weighted by Gasteiger charge is 2.40. The molecule has 4 heteroatoms. The zero-order valence-corrected chi connectivity index (χ0v) is 12.4. The maximum absolute atomic E-state index is 12.0. The molecule has 1 N–H and O–H groups in total. The van der Waals surface area contributed by atoms with Crippen LogP contribution >= 0.6 is 0 Å². The van der Waals surface area contributed by atoms with Gasteiger partial charge in [0.15, 0.2) is 6.10 Å². The molecule has 2 bridgehead atoms. The summed E-state index contributed by atoms with van der Waals surface area (Å²) in [6.45, 7) is 0. The van der Waals surface area contributed by atoms with Crippen molar-refractivity contribution in [2.45, 2.75) is 56.4 Å². The maximum atomic E-state index is 12.0. The third kappa shape index (κ3) is 3.27. The molecule has 1 aromatic carbocycles. The summed E-state index contributed by atoms with van der Waals surface area (Å²) in [6, 6.07) is 10.6. The first kappa shape index (κ1) is 14.5. The molecule has 0 spiro atoms. The van der Waals surface area contributed by atoms with E-state index in [1.54, 1.807) is 0 Å². The fourth-order valence-electron chi connectivity index (χ4n) is 3.62. The number of hydrogen-bond acceptors (Lipinski definition) is 4. The van der Waals surface area contributed by atoms with Crippen LogP contribution in [-0.4, -0.2) is 47.3 Å². The summed E-state index contributed by atoms with van der Waals surface area (Å²) in [5, 5.41) is 10.0. The van der Waals surface area contributed by atoms with Gasteiger partial charge >= 0.3 is 5.97 Å². The number of benzene rings is 1. The molecule has 114 valence electrons. The van der Waals surface area contributed by atoms with Crippen molar-refractivity contribution in [1.29, 1.82) is 0 Å². The van der Waals surface area contributed by atoms with E-state index in [-0.39, 0.29) is 6.10 Å². The van der Waals surface area contributed by atoms with Gasteiger partial charge in [0.25, 0.3) is 0 Å². The minimum absolute atomic E-state index is 0.0309. The molecule has 3 unspecified atom stereocenters. The third-order valence-electron chi connectivity index (χ3n) is 4.88. The molecule has 2 aliphatic rings. The topological polar surface area (TPSA) is 49.8 Å². The molecule has 3 rings (SSSR count). The van der Waals surface area contributed by atoms with E-state index in [9.17, 15) is 9.90 Å². The zero-order chi connectivity index (χ0) is 14.8. The van der Waals surface area contributed by atoms with Crippen LogP contribution in [0.4, 0.5) is 0 Å². The molecule has 0 aromatic heterocycles. The number of esters is 1. The van der Waals surface area contributed by atoms with Crippen molar-refractivity contribution >= 4 is 5.97 Å². The second-order valence-corrected chi connectivity index (χ2v) is 6.29. The number of aliphatic hydroxyl groups is 1. The van der Waals surface area contributed by atoms with Gasteiger partial charge in [-0.1, -0.05) is 30.3 Å². The van der Waals surface area contributed by atoms with Gasteiger partial charge in [0.05, 0.1) is 0 Å². The summed E-state index contributed by atoms with van der Waals surface area (Å²) in [5.41, 5.74) is 0.949. The highest BCUT2D eigenvalue weighted by atomic mass is 16.6. The van der Waals surface area contributed by atoms with Gasteiger partial charge in [0, 0.05) is 18.5 Å². The Morgan fingerprint density at radius 3 is 2.52 bits per heavy atom. The van der Waals surface area contributed by atoms with Gasteiger partial charge in [-0.2, -0.15) is 0 Å². The van der Waals surface area contributed by atoms with Crippen LogP contribution in [-0.2, 0) is 16.0 Å². The quantitative estimate of drug-likeness (QED) is 0.858. The lowest BCUT2D eigenvalue weighted by atomic mass is 10.0. The molecule has 0 aliphatic carbocycles. The van der Waals surface area contributed by atoms with Crippen LogP contribution in [0.15, 0.2) is 30.3 Å². The molecule has 0 saturated carbocycles. The molecule has 0 amide bonds. The average molecular weight is 289 g/mol. The monoisotopic (exact) mass is 289 g/mol. The highest BCUT2D eigenvalue weighted by Crippen LogP contribution is 2.35. The first-order valence-electron chi connectivity index (χ1n) is 7.78. The lowest BCUT2D eigenvalue weighted by Gasteiger charge is -2.36. The number of aliphatic hydroxyl groups excluding tert-OH is 1. The van der Waals surface area contributed by atoms with Crippen LogP contribution in [0.2, 0.25) is 0 Å². The third-order valence-corrected chi connectivity index (χ3v) is 4.88. The number of piperidine rings is 1. The van der Waals surface area contributed by atoms with Crippen molar-refractivity contribution in [3.8, 4) is 0 Å². The molecular formula is C17H23NO3. The number of carbonyl (C=O) groups is 1. The van der Waals surface area contributed by atoms with E-state index >= 15 is 0 Å². The van der Waals surface area contributed by atoms with Crippen molar-refractivity contribution in [2.75, 3.05) is 7.05 Å². The predicted octanol–water partition coefficient (Wildman–Crippen LogP) is 1.76. The fraction of sp³-hybridized carbons (Fsp3) is 0.588. The first-order valence-corrected chi connectivity index (χ1v) is 7.78. The Labute approximate surface area is 125 Å². The molecule has 0 radical (unpaired) electrons. The van der Waals surface area contributed by atoms with E-state index in [1.807, 2.05) is 30.3 Å². The van der Waals surface area contributed by atoms with Crippen molar-refractivity contribution in [3.05, 3.63) is 35.9 Å². The lowest BCUT2D eigenvalue weighted by molar-refractivity contribution is -0.162. The standard InChI is InChI=1S/C17H23NO3/c1-18-13-7-8-14(18)11-15(10-13)21-17(20)16(19)9-12-5-3-2-4-6-12/h2-6,13-16,19H,7-11H2,1H3. The van der Waals surface area contributed by atoms with Crippen molar-refractivity contribution in [1.82, 2.24) is 4.90 Å². The van der Waals surface area contributed by atoms with Gasteiger partial charge in [-0.3, -0.25) is 0 Å². The SMILES string of the molecule is CN1C2CCC1CC(OC(=O)C(O)Cc1ccccc1)C2. The minimum Gasteiger partial charge on any atom is -0.460 e. The molecule has 4 nitrogen and oxygen atoms in total. The number of hydrogen-bond donors (Lipinski definition) is 1. The summed E-state index contributed by atoms with van der Waals surface area (Å²) in [6.07, 6.45) is 3.41. The number of fused-ring (bicyclic) bond motifs is 2. The molecular weight excluding hydrogens is 266 g/mol. The van der Waals surface area contributed by atoms with E-state index < -0.39 is 12.1 Å². The van der Waals surface area contributed by atoms with Gasteiger partial charge in [-0.05, 0) is 38.3 Å². The Morgan fingerprint density at radius 2 is 1.90 bits per heavy atom. The lowest BCUT2D eigenvalue weighted by Crippen LogP contribution is -2.44. The summed E-state index contributed by atoms with van der Waals surface area (Å²) >= 11 is 0. The Balaban J connectivity index is 1.52. The minimum atomic E-state index is -1.07. The molecule has 2 saturated heterocycles. The Kier molecular flexibility index (Phi) is 4.27.